The van der Waals surface area contributed by atoms with Crippen molar-refractivity contribution in [3.63, 3.8) is 0 Å². The number of amides is 2. The monoisotopic (exact) mass is 568 g/mol. The Balaban J connectivity index is 2.06. The number of hydrogen-bond acceptors (Lipinski definition) is 6. The van der Waals surface area contributed by atoms with Crippen LogP contribution in [0.5, 0.6) is 0 Å². The van der Waals surface area contributed by atoms with Crippen molar-refractivity contribution < 1.29 is 29.0 Å². The normalized spacial score (nSPS) is 31.6. The van der Waals surface area contributed by atoms with E-state index in [9.17, 15) is 19.5 Å². The first-order chi connectivity index (χ1) is 17.0. The third-order valence-electron chi connectivity index (χ3n) is 7.61. The number of esters is 1. The van der Waals surface area contributed by atoms with Crippen molar-refractivity contribution in [3.05, 3.63) is 25.3 Å². The maximum atomic E-state index is 14.2. The summed E-state index contributed by atoms with van der Waals surface area (Å²) in [6, 6.07) is -1.65. The molecule has 3 rings (SSSR count). The lowest BCUT2D eigenvalue weighted by Gasteiger charge is -2.40. The molecule has 2 amide bonds. The Kier molecular flexibility index (Phi) is 9.44. The minimum absolute atomic E-state index is 0.135. The molecular weight excluding hydrogens is 528 g/mol. The molecule has 3 unspecified atom stereocenters. The molecule has 0 aromatic rings. The van der Waals surface area contributed by atoms with Crippen molar-refractivity contribution in [2.24, 2.45) is 17.8 Å². The van der Waals surface area contributed by atoms with Gasteiger partial charge in [-0.15, -0.1) is 13.2 Å². The highest BCUT2D eigenvalue weighted by Gasteiger charge is 2.77. The van der Waals surface area contributed by atoms with Gasteiger partial charge in [0.2, 0.25) is 11.8 Å². The van der Waals surface area contributed by atoms with E-state index in [0.717, 1.165) is 6.42 Å². The SMILES string of the molecule is C=CCCCOC(=O)[C@H]1[C@@H]2OC3(CC2Br)C(C(=O)N(CC=C)C(C)C)N([C@@H](CO)CC(C)C)C(=O)[C@H]13. The second-order valence-electron chi connectivity index (χ2n) is 10.8. The van der Waals surface area contributed by atoms with Gasteiger partial charge in [0.25, 0.3) is 0 Å². The molecular formula is C27H41BrN2O6. The van der Waals surface area contributed by atoms with Gasteiger partial charge in [-0.05, 0) is 45.4 Å². The van der Waals surface area contributed by atoms with Crippen LogP contribution in [0.15, 0.2) is 25.3 Å². The van der Waals surface area contributed by atoms with Crippen LogP contribution in [0.1, 0.15) is 53.4 Å². The highest BCUT2D eigenvalue weighted by atomic mass is 79.9. The molecule has 0 saturated carbocycles. The van der Waals surface area contributed by atoms with Crippen LogP contribution in [0.2, 0.25) is 0 Å². The van der Waals surface area contributed by atoms with Crippen LogP contribution < -0.4 is 0 Å². The first-order valence-corrected chi connectivity index (χ1v) is 13.9. The first kappa shape index (κ1) is 28.9. The summed E-state index contributed by atoms with van der Waals surface area (Å²) < 4.78 is 12.1. The molecule has 202 valence electrons. The molecule has 0 aromatic carbocycles. The summed E-state index contributed by atoms with van der Waals surface area (Å²) in [5.41, 5.74) is -1.17. The molecule has 3 heterocycles. The number of fused-ring (bicyclic) bond motifs is 1. The molecule has 9 heteroatoms. The summed E-state index contributed by atoms with van der Waals surface area (Å²) >= 11 is 3.67. The molecule has 0 aliphatic carbocycles. The lowest BCUT2D eigenvalue weighted by atomic mass is 9.70. The fourth-order valence-corrected chi connectivity index (χ4v) is 7.12. The smallest absolute Gasteiger partial charge is 0.312 e. The summed E-state index contributed by atoms with van der Waals surface area (Å²) in [5, 5.41) is 10.3. The van der Waals surface area contributed by atoms with E-state index in [1.807, 2.05) is 27.7 Å². The number of alkyl halides is 1. The molecule has 36 heavy (non-hydrogen) atoms. The number of ether oxygens (including phenoxy) is 2. The minimum atomic E-state index is -1.17. The van der Waals surface area contributed by atoms with Crippen molar-refractivity contribution in [3.8, 4) is 0 Å². The van der Waals surface area contributed by atoms with E-state index in [2.05, 4.69) is 29.1 Å². The van der Waals surface area contributed by atoms with Crippen molar-refractivity contribution in [2.75, 3.05) is 19.8 Å². The lowest BCUT2D eigenvalue weighted by Crippen LogP contribution is -2.60. The zero-order valence-corrected chi connectivity index (χ0v) is 23.5. The van der Waals surface area contributed by atoms with Gasteiger partial charge >= 0.3 is 5.97 Å². The van der Waals surface area contributed by atoms with Gasteiger partial charge < -0.3 is 24.4 Å². The van der Waals surface area contributed by atoms with Gasteiger partial charge in [0.1, 0.15) is 11.6 Å². The van der Waals surface area contributed by atoms with Gasteiger partial charge in [-0.1, -0.05) is 41.9 Å². The quantitative estimate of drug-likeness (QED) is 0.159. The van der Waals surface area contributed by atoms with Gasteiger partial charge in [0, 0.05) is 17.4 Å². The number of aliphatic hydroxyl groups is 1. The number of halogens is 1. The predicted molar refractivity (Wildman–Crippen MR) is 140 cm³/mol. The third-order valence-corrected chi connectivity index (χ3v) is 8.45. The molecule has 3 aliphatic heterocycles. The van der Waals surface area contributed by atoms with E-state index in [0.29, 0.717) is 25.8 Å². The van der Waals surface area contributed by atoms with Crippen LogP contribution in [-0.4, -0.2) is 87.1 Å². The zero-order chi connectivity index (χ0) is 26.8. The molecule has 7 atom stereocenters. The van der Waals surface area contributed by atoms with E-state index >= 15 is 0 Å². The summed E-state index contributed by atoms with van der Waals surface area (Å²) in [6.45, 7) is 15.6. The van der Waals surface area contributed by atoms with Gasteiger partial charge in [0.15, 0.2) is 0 Å². The van der Waals surface area contributed by atoms with Gasteiger partial charge in [-0.25, -0.2) is 0 Å². The minimum Gasteiger partial charge on any atom is -0.465 e. The second-order valence-corrected chi connectivity index (χ2v) is 12.0. The molecule has 2 bridgehead atoms. The van der Waals surface area contributed by atoms with Crippen LogP contribution in [0.4, 0.5) is 0 Å². The fourth-order valence-electron chi connectivity index (χ4n) is 6.18. The first-order valence-electron chi connectivity index (χ1n) is 13.0. The Morgan fingerprint density at radius 3 is 2.56 bits per heavy atom. The predicted octanol–water partition coefficient (Wildman–Crippen LogP) is 3.07. The van der Waals surface area contributed by atoms with Gasteiger partial charge in [-0.2, -0.15) is 0 Å². The van der Waals surface area contributed by atoms with Crippen LogP contribution in [0, 0.1) is 17.8 Å². The van der Waals surface area contributed by atoms with E-state index in [1.54, 1.807) is 17.1 Å². The maximum absolute atomic E-state index is 14.2. The second kappa shape index (κ2) is 11.8. The largest absolute Gasteiger partial charge is 0.465 e. The fraction of sp³-hybridized carbons (Fsp3) is 0.741. The molecule has 0 aromatic heterocycles. The molecule has 8 nitrogen and oxygen atoms in total. The summed E-state index contributed by atoms with van der Waals surface area (Å²) in [5.74, 6) is -2.50. The van der Waals surface area contributed by atoms with Crippen molar-refractivity contribution in [2.45, 2.75) is 88.0 Å². The Morgan fingerprint density at radius 2 is 2.00 bits per heavy atom. The highest BCUT2D eigenvalue weighted by molar-refractivity contribution is 9.09. The number of allylic oxidation sites excluding steroid dienone is 1. The summed E-state index contributed by atoms with van der Waals surface area (Å²) in [4.78, 5) is 44.6. The number of nitrogens with zero attached hydrogens (tertiary/aromatic N) is 2. The number of hydrogen-bond donors (Lipinski definition) is 1. The zero-order valence-electron chi connectivity index (χ0n) is 21.9. The number of rotatable bonds is 13. The van der Waals surface area contributed by atoms with Crippen LogP contribution in [-0.2, 0) is 23.9 Å². The van der Waals surface area contributed by atoms with Crippen molar-refractivity contribution in [1.29, 1.82) is 0 Å². The molecule has 3 saturated heterocycles. The highest BCUT2D eigenvalue weighted by Crippen LogP contribution is 2.60. The Morgan fingerprint density at radius 1 is 1.31 bits per heavy atom. The standard InChI is InChI=1S/C27H41BrN2O6/c1-7-9-10-12-35-26(34)20-21-24(32)30(18(15-31)13-16(3)4)23(25(33)29(11-8-2)17(5)6)27(21)14-19(28)22(20)36-27/h7-8,16-23,31H,1-2,9-15H2,3-6H3/t18-,19?,20-,21+,22-,23?,27?/m1/s1. The third kappa shape index (κ3) is 5.03. The van der Waals surface area contributed by atoms with Crippen LogP contribution in [0.3, 0.4) is 0 Å². The van der Waals surface area contributed by atoms with E-state index < -0.39 is 41.6 Å². The van der Waals surface area contributed by atoms with E-state index in [1.165, 1.54) is 4.90 Å². The number of unbranched alkanes of at least 4 members (excludes halogenated alkanes) is 1. The van der Waals surface area contributed by atoms with Crippen LogP contribution in [0.25, 0.3) is 0 Å². The topological polar surface area (TPSA) is 96.4 Å². The molecule has 3 fully saturated rings. The number of carbonyl (C=O) groups is 3. The average Bonchev–Trinajstić information content (AvgIpc) is 3.41. The van der Waals surface area contributed by atoms with Gasteiger partial charge in [0.05, 0.1) is 37.2 Å². The number of carbonyl (C=O) groups excluding carboxylic acids is 3. The molecule has 1 spiro atoms. The molecule has 0 radical (unpaired) electrons. The maximum Gasteiger partial charge on any atom is 0.312 e. The lowest BCUT2D eigenvalue weighted by molar-refractivity contribution is -0.157. The Hall–Kier alpha value is -1.71. The van der Waals surface area contributed by atoms with Crippen LogP contribution >= 0.6 is 15.9 Å². The number of aliphatic hydroxyl groups excluding tert-OH is 1. The summed E-state index contributed by atoms with van der Waals surface area (Å²) in [6.07, 6.45) is 5.17. The average molecular weight is 570 g/mol. The Labute approximate surface area is 223 Å². The van der Waals surface area contributed by atoms with Crippen molar-refractivity contribution >= 4 is 33.7 Å². The summed E-state index contributed by atoms with van der Waals surface area (Å²) in [7, 11) is 0. The van der Waals surface area contributed by atoms with Gasteiger partial charge in [-0.3, -0.25) is 14.4 Å². The van der Waals surface area contributed by atoms with E-state index in [4.69, 9.17) is 9.47 Å². The van der Waals surface area contributed by atoms with E-state index in [-0.39, 0.29) is 41.8 Å². The molecule has 1 N–H and O–H groups in total. The van der Waals surface area contributed by atoms with Crippen molar-refractivity contribution in [1.82, 2.24) is 9.80 Å². The Bertz CT molecular complexity index is 863. The molecule has 3 aliphatic rings. The number of likely N-dealkylation sites (tertiary alicyclic amines) is 1.